The van der Waals surface area contributed by atoms with E-state index in [1.54, 1.807) is 0 Å². The summed E-state index contributed by atoms with van der Waals surface area (Å²) in [5.41, 5.74) is 1.27. The third-order valence-electron chi connectivity index (χ3n) is 6.39. The van der Waals surface area contributed by atoms with Gasteiger partial charge in [0, 0.05) is 63.7 Å². The fraction of sp³-hybridized carbons (Fsp3) is 0.652. The van der Waals surface area contributed by atoms with Crippen molar-refractivity contribution in [3.8, 4) is 0 Å². The molecule has 0 bridgehead atoms. The SMILES string of the molecule is O=C(O)C(F)(F)F.O=C(O)C(F)(F)F.O=C1CC[C@H]2[C@H](CCN2Cc2cccnc2)N1CC1CCOCC1. The van der Waals surface area contributed by atoms with E-state index < -0.39 is 24.3 Å². The average Bonchev–Trinajstić information content (AvgIpc) is 3.24. The molecule has 2 N–H and O–H groups in total. The number of pyridine rings is 1. The van der Waals surface area contributed by atoms with E-state index in [2.05, 4.69) is 20.9 Å². The molecule has 1 aromatic heterocycles. The second-order valence-corrected chi connectivity index (χ2v) is 9.00. The highest BCUT2D eigenvalue weighted by molar-refractivity contribution is 5.77. The number of rotatable bonds is 4. The molecule has 0 saturated carbocycles. The van der Waals surface area contributed by atoms with Gasteiger partial charge < -0.3 is 19.8 Å². The third-order valence-corrected chi connectivity index (χ3v) is 6.39. The summed E-state index contributed by atoms with van der Waals surface area (Å²) in [4.78, 5) is 39.3. The summed E-state index contributed by atoms with van der Waals surface area (Å²) < 4.78 is 68.9. The van der Waals surface area contributed by atoms with Gasteiger partial charge in [-0.2, -0.15) is 26.3 Å². The van der Waals surface area contributed by atoms with Gasteiger partial charge in [-0.05, 0) is 43.2 Å². The zero-order valence-electron chi connectivity index (χ0n) is 20.2. The Morgan fingerprint density at radius 3 is 2.05 bits per heavy atom. The first kappa shape index (κ1) is 31.3. The number of fused-ring (bicyclic) bond motifs is 1. The van der Waals surface area contributed by atoms with Crippen LogP contribution in [0.4, 0.5) is 26.3 Å². The molecule has 214 valence electrons. The molecule has 15 heteroatoms. The van der Waals surface area contributed by atoms with Crippen LogP contribution in [0.1, 0.15) is 37.7 Å². The Labute approximate surface area is 214 Å². The maximum absolute atomic E-state index is 12.5. The number of aliphatic carboxylic acids is 2. The molecule has 3 fully saturated rings. The lowest BCUT2D eigenvalue weighted by Crippen LogP contribution is -2.53. The van der Waals surface area contributed by atoms with Crippen molar-refractivity contribution in [2.24, 2.45) is 5.92 Å². The fourth-order valence-electron chi connectivity index (χ4n) is 4.60. The first-order chi connectivity index (χ1) is 17.7. The quantitative estimate of drug-likeness (QED) is 0.541. The average molecular weight is 557 g/mol. The van der Waals surface area contributed by atoms with Crippen LogP contribution in [-0.4, -0.2) is 93.6 Å². The number of hydrogen-bond donors (Lipinski definition) is 2. The first-order valence-electron chi connectivity index (χ1n) is 11.8. The molecule has 0 aromatic carbocycles. The number of ether oxygens (including phenoxy) is 1. The summed E-state index contributed by atoms with van der Waals surface area (Å²) in [5, 5.41) is 14.2. The third kappa shape index (κ3) is 9.74. The Hall–Kier alpha value is -2.94. The van der Waals surface area contributed by atoms with Gasteiger partial charge in [0.2, 0.25) is 5.91 Å². The van der Waals surface area contributed by atoms with Crippen LogP contribution in [0.3, 0.4) is 0 Å². The molecule has 9 nitrogen and oxygen atoms in total. The standard InChI is InChI=1S/C19H27N3O2.2C2HF3O2/c23-19-4-3-17-18(22(19)14-15-6-10-24-11-7-15)5-9-21(17)13-16-2-1-8-20-12-16;2*3-2(4,5)1(6)7/h1-2,8,12,15,17-18H,3-7,9-11,13-14H2;2*(H,6,7)/t17-,18-;;/m0../s1. The van der Waals surface area contributed by atoms with Crippen molar-refractivity contribution in [3.05, 3.63) is 30.1 Å². The van der Waals surface area contributed by atoms with Gasteiger partial charge in [-0.15, -0.1) is 0 Å². The second-order valence-electron chi connectivity index (χ2n) is 9.00. The van der Waals surface area contributed by atoms with Crippen LogP contribution >= 0.6 is 0 Å². The largest absolute Gasteiger partial charge is 0.490 e. The molecule has 3 aliphatic rings. The molecule has 3 saturated heterocycles. The molecule has 2 atom stereocenters. The highest BCUT2D eigenvalue weighted by Crippen LogP contribution is 2.33. The number of amides is 1. The Morgan fingerprint density at radius 1 is 0.974 bits per heavy atom. The fourth-order valence-corrected chi connectivity index (χ4v) is 4.60. The molecule has 0 radical (unpaired) electrons. The molecule has 4 heterocycles. The van der Waals surface area contributed by atoms with E-state index in [-0.39, 0.29) is 0 Å². The minimum Gasteiger partial charge on any atom is -0.475 e. The number of likely N-dealkylation sites (tertiary alicyclic amines) is 2. The number of piperidine rings is 1. The van der Waals surface area contributed by atoms with Crippen molar-refractivity contribution in [3.63, 3.8) is 0 Å². The Morgan fingerprint density at radius 2 is 1.55 bits per heavy atom. The van der Waals surface area contributed by atoms with Crippen LogP contribution < -0.4 is 0 Å². The summed E-state index contributed by atoms with van der Waals surface area (Å²) in [6.07, 6.45) is -1.37. The van der Waals surface area contributed by atoms with E-state index in [0.29, 0.717) is 30.3 Å². The van der Waals surface area contributed by atoms with Crippen LogP contribution in [-0.2, 0) is 25.7 Å². The summed E-state index contributed by atoms with van der Waals surface area (Å²) in [6.45, 7) is 4.68. The normalized spacial score (nSPS) is 22.5. The summed E-state index contributed by atoms with van der Waals surface area (Å²) >= 11 is 0. The van der Waals surface area contributed by atoms with Crippen LogP contribution in [0.2, 0.25) is 0 Å². The number of hydrogen-bond acceptors (Lipinski definition) is 6. The van der Waals surface area contributed by atoms with Crippen molar-refractivity contribution >= 4 is 17.8 Å². The van der Waals surface area contributed by atoms with E-state index >= 15 is 0 Å². The van der Waals surface area contributed by atoms with Crippen molar-refractivity contribution < 1.29 is 55.7 Å². The van der Waals surface area contributed by atoms with Gasteiger partial charge in [-0.1, -0.05) is 6.07 Å². The van der Waals surface area contributed by atoms with Gasteiger partial charge >= 0.3 is 24.3 Å². The van der Waals surface area contributed by atoms with Crippen LogP contribution in [0.25, 0.3) is 0 Å². The van der Waals surface area contributed by atoms with Crippen LogP contribution in [0, 0.1) is 5.92 Å². The van der Waals surface area contributed by atoms with E-state index in [0.717, 1.165) is 58.5 Å². The van der Waals surface area contributed by atoms with Gasteiger partial charge in [0.15, 0.2) is 0 Å². The van der Waals surface area contributed by atoms with Crippen molar-refractivity contribution in [2.45, 2.75) is 63.1 Å². The van der Waals surface area contributed by atoms with Crippen molar-refractivity contribution in [1.29, 1.82) is 0 Å². The lowest BCUT2D eigenvalue weighted by atomic mass is 9.92. The maximum Gasteiger partial charge on any atom is 0.490 e. The molecule has 1 amide bonds. The summed E-state index contributed by atoms with van der Waals surface area (Å²) in [7, 11) is 0. The number of aromatic nitrogens is 1. The minimum atomic E-state index is -5.08. The van der Waals surface area contributed by atoms with Gasteiger partial charge in [0.1, 0.15) is 0 Å². The number of halogens is 6. The second kappa shape index (κ2) is 13.7. The Kier molecular flexibility index (Phi) is 11.3. The van der Waals surface area contributed by atoms with Crippen LogP contribution in [0.5, 0.6) is 0 Å². The molecule has 0 aliphatic carbocycles. The number of alkyl halides is 6. The minimum absolute atomic E-state index is 0.367. The van der Waals surface area contributed by atoms with E-state index in [9.17, 15) is 31.1 Å². The zero-order valence-corrected chi connectivity index (χ0v) is 20.2. The Bertz CT molecular complexity index is 900. The highest BCUT2D eigenvalue weighted by Gasteiger charge is 2.43. The van der Waals surface area contributed by atoms with Crippen molar-refractivity contribution in [1.82, 2.24) is 14.8 Å². The maximum atomic E-state index is 12.5. The molecular weight excluding hydrogens is 528 g/mol. The predicted octanol–water partition coefficient (Wildman–Crippen LogP) is 3.34. The topological polar surface area (TPSA) is 120 Å². The first-order valence-corrected chi connectivity index (χ1v) is 11.8. The van der Waals surface area contributed by atoms with Gasteiger partial charge in [-0.25, -0.2) is 9.59 Å². The number of nitrogens with zero attached hydrogens (tertiary/aromatic N) is 3. The van der Waals surface area contributed by atoms with Gasteiger partial charge in [-0.3, -0.25) is 14.7 Å². The predicted molar refractivity (Wildman–Crippen MR) is 119 cm³/mol. The molecule has 0 unspecified atom stereocenters. The molecule has 38 heavy (non-hydrogen) atoms. The lowest BCUT2D eigenvalue weighted by molar-refractivity contribution is -0.193. The van der Waals surface area contributed by atoms with E-state index in [4.69, 9.17) is 24.5 Å². The van der Waals surface area contributed by atoms with Crippen molar-refractivity contribution in [2.75, 3.05) is 26.3 Å². The van der Waals surface area contributed by atoms with E-state index in [1.165, 1.54) is 5.56 Å². The summed E-state index contributed by atoms with van der Waals surface area (Å²) in [5.74, 6) is -4.53. The zero-order chi connectivity index (χ0) is 28.5. The Balaban J connectivity index is 0.000000301. The van der Waals surface area contributed by atoms with Gasteiger partial charge in [0.05, 0.1) is 0 Å². The molecule has 0 spiro atoms. The highest BCUT2D eigenvalue weighted by atomic mass is 19.4. The number of carboxylic acids is 2. The number of carbonyl (C=O) groups excluding carboxylic acids is 1. The molecular formula is C23H29F6N3O6. The number of carboxylic acid groups (broad SMARTS) is 2. The lowest BCUT2D eigenvalue weighted by Gasteiger charge is -2.42. The van der Waals surface area contributed by atoms with Crippen LogP contribution in [0.15, 0.2) is 24.5 Å². The monoisotopic (exact) mass is 557 g/mol. The molecule has 3 aliphatic heterocycles. The molecule has 1 aromatic rings. The smallest absolute Gasteiger partial charge is 0.475 e. The van der Waals surface area contributed by atoms with Gasteiger partial charge in [0.25, 0.3) is 0 Å². The molecule has 4 rings (SSSR count). The van der Waals surface area contributed by atoms with E-state index in [1.807, 2.05) is 18.5 Å². The summed E-state index contributed by atoms with van der Waals surface area (Å²) in [6, 6.07) is 5.08. The number of carbonyl (C=O) groups is 3.